The van der Waals surface area contributed by atoms with E-state index in [4.69, 9.17) is 18.0 Å². The maximum absolute atomic E-state index is 12.0. The largest absolute Gasteiger partial charge is 0.379 e. The zero-order valence-electron chi connectivity index (χ0n) is 11.6. The van der Waals surface area contributed by atoms with Gasteiger partial charge in [0, 0.05) is 19.0 Å². The number of nitrogens with zero attached hydrogens (tertiary/aromatic N) is 2. The number of halogens is 1. The molecule has 1 aliphatic rings. The van der Waals surface area contributed by atoms with Gasteiger partial charge < -0.3 is 10.6 Å². The number of nitrogens with one attached hydrogen (secondary N) is 2. The zero-order chi connectivity index (χ0) is 15.2. The summed E-state index contributed by atoms with van der Waals surface area (Å²) in [4.78, 5) is 23.6. The fourth-order valence-electron chi connectivity index (χ4n) is 1.82. The Morgan fingerprint density at radius 3 is 3.00 bits per heavy atom. The SMILES string of the molecule is C#CCn1ncc(Cl)c(NCCCC(=O)NC2CC2)c1=O. The smallest absolute Gasteiger partial charge is 0.292 e. The van der Waals surface area contributed by atoms with Crippen molar-refractivity contribution in [3.8, 4) is 12.3 Å². The quantitative estimate of drug-likeness (QED) is 0.582. The van der Waals surface area contributed by atoms with Crippen molar-refractivity contribution in [2.24, 2.45) is 0 Å². The Morgan fingerprint density at radius 1 is 1.57 bits per heavy atom. The topological polar surface area (TPSA) is 76.0 Å². The average molecular weight is 309 g/mol. The third-order valence-electron chi connectivity index (χ3n) is 3.06. The lowest BCUT2D eigenvalue weighted by Crippen LogP contribution is -2.27. The summed E-state index contributed by atoms with van der Waals surface area (Å²) in [6, 6.07) is 0.371. The fourth-order valence-corrected chi connectivity index (χ4v) is 2.01. The number of carbonyl (C=O) groups is 1. The second kappa shape index (κ2) is 7.14. The predicted molar refractivity (Wildman–Crippen MR) is 81.2 cm³/mol. The molecule has 0 unspecified atom stereocenters. The first-order valence-electron chi connectivity index (χ1n) is 6.84. The van der Waals surface area contributed by atoms with Crippen LogP contribution in [-0.4, -0.2) is 28.3 Å². The minimum absolute atomic E-state index is 0.0462. The van der Waals surface area contributed by atoms with Gasteiger partial charge in [-0.05, 0) is 19.3 Å². The highest BCUT2D eigenvalue weighted by atomic mass is 35.5. The van der Waals surface area contributed by atoms with Crippen LogP contribution in [0.2, 0.25) is 5.02 Å². The second-order valence-corrected chi connectivity index (χ2v) is 5.31. The lowest BCUT2D eigenvalue weighted by molar-refractivity contribution is -0.121. The van der Waals surface area contributed by atoms with Gasteiger partial charge in [0.1, 0.15) is 12.2 Å². The molecule has 1 fully saturated rings. The zero-order valence-corrected chi connectivity index (χ0v) is 12.3. The number of anilines is 1. The van der Waals surface area contributed by atoms with Gasteiger partial charge >= 0.3 is 0 Å². The normalized spacial score (nSPS) is 13.5. The molecule has 0 aliphatic heterocycles. The summed E-state index contributed by atoms with van der Waals surface area (Å²) in [5.74, 6) is 2.40. The Bertz CT molecular complexity index is 616. The molecular weight excluding hydrogens is 292 g/mol. The number of rotatable bonds is 7. The van der Waals surface area contributed by atoms with Crippen molar-refractivity contribution in [2.45, 2.75) is 38.3 Å². The molecule has 1 amide bonds. The van der Waals surface area contributed by atoms with Crippen LogP contribution in [0.4, 0.5) is 5.69 Å². The summed E-state index contributed by atoms with van der Waals surface area (Å²) in [6.07, 6.45) is 9.73. The van der Waals surface area contributed by atoms with Crippen LogP contribution in [0.15, 0.2) is 11.0 Å². The second-order valence-electron chi connectivity index (χ2n) is 4.91. The summed E-state index contributed by atoms with van der Waals surface area (Å²) in [7, 11) is 0. The van der Waals surface area contributed by atoms with Crippen molar-refractivity contribution in [3.63, 3.8) is 0 Å². The summed E-state index contributed by atoms with van der Waals surface area (Å²) >= 11 is 5.95. The molecule has 21 heavy (non-hydrogen) atoms. The van der Waals surface area contributed by atoms with Crippen molar-refractivity contribution in [1.82, 2.24) is 15.1 Å². The van der Waals surface area contributed by atoms with E-state index >= 15 is 0 Å². The first kappa shape index (κ1) is 15.4. The summed E-state index contributed by atoms with van der Waals surface area (Å²) in [5, 5.41) is 9.96. The Labute approximate surface area is 127 Å². The molecule has 112 valence electrons. The highest BCUT2D eigenvalue weighted by Gasteiger charge is 2.22. The molecular formula is C14H17ClN4O2. The van der Waals surface area contributed by atoms with E-state index < -0.39 is 0 Å². The van der Waals surface area contributed by atoms with E-state index in [0.717, 1.165) is 17.5 Å². The molecule has 0 saturated heterocycles. The van der Waals surface area contributed by atoms with E-state index in [9.17, 15) is 9.59 Å². The molecule has 0 aromatic carbocycles. The molecule has 0 bridgehead atoms. The van der Waals surface area contributed by atoms with Gasteiger partial charge in [0.2, 0.25) is 5.91 Å². The fraction of sp³-hybridized carbons (Fsp3) is 0.500. The van der Waals surface area contributed by atoms with Crippen LogP contribution in [0.5, 0.6) is 0 Å². The van der Waals surface area contributed by atoms with Crippen LogP contribution < -0.4 is 16.2 Å². The summed E-state index contributed by atoms with van der Waals surface area (Å²) in [5.41, 5.74) is -0.0904. The molecule has 6 nitrogen and oxygen atoms in total. The molecule has 2 N–H and O–H groups in total. The molecule has 0 spiro atoms. The first-order valence-corrected chi connectivity index (χ1v) is 7.22. The van der Waals surface area contributed by atoms with Crippen LogP contribution >= 0.6 is 11.6 Å². The third kappa shape index (κ3) is 4.50. The Hall–Kier alpha value is -2.00. The van der Waals surface area contributed by atoms with E-state index in [1.165, 1.54) is 6.20 Å². The maximum atomic E-state index is 12.0. The molecule has 1 heterocycles. The lowest BCUT2D eigenvalue weighted by Gasteiger charge is -2.09. The standard InChI is InChI=1S/C14H17ClN4O2/c1-2-8-19-14(21)13(11(15)9-17-19)16-7-3-4-12(20)18-10-5-6-10/h1,9-10,16H,3-8H2,(H,18,20). The number of terminal acetylenes is 1. The van der Waals surface area contributed by atoms with Gasteiger partial charge in [0.25, 0.3) is 5.56 Å². The minimum atomic E-state index is -0.358. The molecule has 7 heteroatoms. The first-order chi connectivity index (χ1) is 10.1. The average Bonchev–Trinajstić information content (AvgIpc) is 3.25. The van der Waals surface area contributed by atoms with Gasteiger partial charge in [-0.15, -0.1) is 6.42 Å². The van der Waals surface area contributed by atoms with E-state index in [2.05, 4.69) is 21.7 Å². The van der Waals surface area contributed by atoms with Gasteiger partial charge in [-0.2, -0.15) is 5.10 Å². The minimum Gasteiger partial charge on any atom is -0.379 e. The van der Waals surface area contributed by atoms with Crippen molar-refractivity contribution in [2.75, 3.05) is 11.9 Å². The number of hydrogen-bond acceptors (Lipinski definition) is 4. The lowest BCUT2D eigenvalue weighted by atomic mass is 10.3. The number of aromatic nitrogens is 2. The molecule has 1 aromatic rings. The van der Waals surface area contributed by atoms with E-state index in [0.29, 0.717) is 25.4 Å². The molecule has 0 radical (unpaired) electrons. The monoisotopic (exact) mass is 308 g/mol. The number of carbonyl (C=O) groups excluding carboxylic acids is 1. The highest BCUT2D eigenvalue weighted by Crippen LogP contribution is 2.19. The highest BCUT2D eigenvalue weighted by molar-refractivity contribution is 6.32. The van der Waals surface area contributed by atoms with E-state index in [1.54, 1.807) is 0 Å². The molecule has 1 aliphatic carbocycles. The van der Waals surface area contributed by atoms with Crippen molar-refractivity contribution >= 4 is 23.2 Å². The summed E-state index contributed by atoms with van der Waals surface area (Å²) < 4.78 is 1.16. The molecule has 2 rings (SSSR count). The van der Waals surface area contributed by atoms with Gasteiger partial charge in [-0.25, -0.2) is 4.68 Å². The van der Waals surface area contributed by atoms with Crippen molar-refractivity contribution < 1.29 is 4.79 Å². The Balaban J connectivity index is 1.84. The molecule has 1 aromatic heterocycles. The van der Waals surface area contributed by atoms with Gasteiger partial charge in [0.15, 0.2) is 0 Å². The molecule has 1 saturated carbocycles. The van der Waals surface area contributed by atoms with Crippen LogP contribution in [0.1, 0.15) is 25.7 Å². The van der Waals surface area contributed by atoms with Crippen LogP contribution in [0, 0.1) is 12.3 Å². The number of hydrogen-bond donors (Lipinski definition) is 2. The maximum Gasteiger partial charge on any atom is 0.292 e. The Kier molecular flexibility index (Phi) is 5.23. The molecule has 0 atom stereocenters. The van der Waals surface area contributed by atoms with Crippen molar-refractivity contribution in [1.29, 1.82) is 0 Å². The predicted octanol–water partition coefficient (Wildman–Crippen LogP) is 1.00. The van der Waals surface area contributed by atoms with Crippen LogP contribution in [0.3, 0.4) is 0 Å². The number of amides is 1. The van der Waals surface area contributed by atoms with Crippen LogP contribution in [-0.2, 0) is 11.3 Å². The van der Waals surface area contributed by atoms with Gasteiger partial charge in [0.05, 0.1) is 11.2 Å². The van der Waals surface area contributed by atoms with Gasteiger partial charge in [-0.3, -0.25) is 9.59 Å². The van der Waals surface area contributed by atoms with Crippen molar-refractivity contribution in [3.05, 3.63) is 21.6 Å². The van der Waals surface area contributed by atoms with Gasteiger partial charge in [-0.1, -0.05) is 17.5 Å². The summed E-state index contributed by atoms with van der Waals surface area (Å²) in [6.45, 7) is 0.571. The van der Waals surface area contributed by atoms with E-state index in [-0.39, 0.29) is 28.7 Å². The third-order valence-corrected chi connectivity index (χ3v) is 3.35. The van der Waals surface area contributed by atoms with Crippen LogP contribution in [0.25, 0.3) is 0 Å². The van der Waals surface area contributed by atoms with E-state index in [1.807, 2.05) is 0 Å². The Morgan fingerprint density at radius 2 is 2.33 bits per heavy atom.